The molecule has 1 aromatic carbocycles. The highest BCUT2D eigenvalue weighted by atomic mass is 19.1. The summed E-state index contributed by atoms with van der Waals surface area (Å²) in [6.07, 6.45) is 0.940. The van der Waals surface area contributed by atoms with Crippen LogP contribution in [0.15, 0.2) is 42.2 Å². The number of imidazole rings is 1. The van der Waals surface area contributed by atoms with E-state index in [1.54, 1.807) is 12.3 Å². The van der Waals surface area contributed by atoms with E-state index in [2.05, 4.69) is 40.6 Å². The third-order valence-corrected chi connectivity index (χ3v) is 5.74. The molecule has 0 bridgehead atoms. The van der Waals surface area contributed by atoms with E-state index in [1.165, 1.54) is 36.4 Å². The number of hydrogen-bond donors (Lipinski definition) is 4. The average molecular weight is 466 g/mol. The first-order valence-corrected chi connectivity index (χ1v) is 10.3. The molecule has 0 saturated carbocycles. The van der Waals surface area contributed by atoms with Gasteiger partial charge in [0.05, 0.1) is 6.33 Å². The van der Waals surface area contributed by atoms with Crippen LogP contribution in [0.1, 0.15) is 11.8 Å². The van der Waals surface area contributed by atoms with Crippen molar-refractivity contribution in [3.05, 3.63) is 58.9 Å². The number of benzene rings is 1. The minimum absolute atomic E-state index is 0.333. The molecule has 4 unspecified atom stereocenters. The van der Waals surface area contributed by atoms with Crippen molar-refractivity contribution in [2.75, 3.05) is 12.4 Å². The summed E-state index contributed by atoms with van der Waals surface area (Å²) in [6, 6.07) is 3.38. The quantitative estimate of drug-likeness (QED) is 0.190. The number of nitrogens with zero attached hydrogens (tertiary/aromatic N) is 7. The number of ether oxygens (including phenoxy) is 1. The third-order valence-electron chi connectivity index (χ3n) is 5.74. The van der Waals surface area contributed by atoms with Crippen molar-refractivity contribution in [3.8, 4) is 0 Å². The highest BCUT2D eigenvalue weighted by Crippen LogP contribution is 2.34. The zero-order chi connectivity index (χ0) is 23.8. The summed E-state index contributed by atoms with van der Waals surface area (Å²) >= 11 is 0. The van der Waals surface area contributed by atoms with Gasteiger partial charge in [0.25, 0.3) is 0 Å². The van der Waals surface area contributed by atoms with Gasteiger partial charge in [-0.25, -0.2) is 19.3 Å². The Hall–Kier alpha value is -4.26. The van der Waals surface area contributed by atoms with Crippen molar-refractivity contribution in [1.82, 2.24) is 29.8 Å². The number of nitrogens with one attached hydrogen (secondary N) is 3. The molecule has 4 atom stereocenters. The van der Waals surface area contributed by atoms with Crippen LogP contribution < -0.4 is 10.6 Å². The largest absolute Gasteiger partial charge is 0.388 e. The molecule has 174 valence electrons. The summed E-state index contributed by atoms with van der Waals surface area (Å²) < 4.78 is 20.9. The SMILES string of the molecule is CNC(=O)C1OC(n2cnc3c(NCc4c[nH]c5ccc(F)cc45)ncnc32)C(O)C1N=[N+]=[N-]. The van der Waals surface area contributed by atoms with E-state index in [4.69, 9.17) is 10.3 Å². The van der Waals surface area contributed by atoms with E-state index < -0.39 is 30.4 Å². The highest BCUT2D eigenvalue weighted by Gasteiger charge is 2.48. The van der Waals surface area contributed by atoms with E-state index in [9.17, 15) is 14.3 Å². The van der Waals surface area contributed by atoms with Crippen LogP contribution in [0, 0.1) is 5.82 Å². The summed E-state index contributed by atoms with van der Waals surface area (Å²) in [5.74, 6) is -0.451. The Morgan fingerprint density at radius 1 is 1.41 bits per heavy atom. The zero-order valence-corrected chi connectivity index (χ0v) is 17.8. The van der Waals surface area contributed by atoms with Gasteiger partial charge >= 0.3 is 0 Å². The van der Waals surface area contributed by atoms with Crippen LogP contribution in [0.3, 0.4) is 0 Å². The number of rotatable bonds is 6. The van der Waals surface area contributed by atoms with Crippen LogP contribution in [-0.2, 0) is 16.1 Å². The van der Waals surface area contributed by atoms with Crippen molar-refractivity contribution < 1.29 is 19.0 Å². The topological polar surface area (TPSA) is 179 Å². The van der Waals surface area contributed by atoms with Gasteiger partial charge in [-0.05, 0) is 29.3 Å². The second-order valence-electron chi connectivity index (χ2n) is 7.65. The highest BCUT2D eigenvalue weighted by molar-refractivity contribution is 5.85. The van der Waals surface area contributed by atoms with Crippen LogP contribution in [0.5, 0.6) is 0 Å². The minimum atomic E-state index is -1.32. The van der Waals surface area contributed by atoms with E-state index in [1.807, 2.05) is 0 Å². The number of aliphatic hydroxyl groups excluding tert-OH is 1. The van der Waals surface area contributed by atoms with Gasteiger partial charge in [-0.1, -0.05) is 5.11 Å². The fourth-order valence-electron chi connectivity index (χ4n) is 4.08. The Labute approximate surface area is 190 Å². The van der Waals surface area contributed by atoms with Crippen molar-refractivity contribution in [2.45, 2.75) is 31.0 Å². The molecule has 1 fully saturated rings. The number of carbonyl (C=O) groups is 1. The monoisotopic (exact) mass is 466 g/mol. The minimum Gasteiger partial charge on any atom is -0.388 e. The fourth-order valence-corrected chi connectivity index (χ4v) is 4.08. The van der Waals surface area contributed by atoms with E-state index in [0.29, 0.717) is 23.5 Å². The molecule has 34 heavy (non-hydrogen) atoms. The zero-order valence-electron chi connectivity index (χ0n) is 17.8. The maximum Gasteiger partial charge on any atom is 0.249 e. The molecule has 14 heteroatoms. The van der Waals surface area contributed by atoms with Gasteiger partial charge in [-0.15, -0.1) is 0 Å². The van der Waals surface area contributed by atoms with E-state index in [-0.39, 0.29) is 5.82 Å². The average Bonchev–Trinajstić information content (AvgIpc) is 3.53. The maximum absolute atomic E-state index is 13.7. The number of hydrogen-bond acceptors (Lipinski definition) is 8. The van der Waals surface area contributed by atoms with Gasteiger partial charge in [0.15, 0.2) is 23.2 Å². The molecule has 0 radical (unpaired) electrons. The van der Waals surface area contributed by atoms with Crippen LogP contribution in [0.4, 0.5) is 10.2 Å². The van der Waals surface area contributed by atoms with Crippen molar-refractivity contribution in [3.63, 3.8) is 0 Å². The Balaban J connectivity index is 1.44. The Kier molecular flexibility index (Phi) is 5.45. The number of fused-ring (bicyclic) bond motifs is 2. The van der Waals surface area contributed by atoms with Crippen LogP contribution in [-0.4, -0.2) is 60.8 Å². The van der Waals surface area contributed by atoms with Crippen LogP contribution >= 0.6 is 0 Å². The number of anilines is 1. The number of aromatic nitrogens is 5. The predicted molar refractivity (Wildman–Crippen MR) is 118 cm³/mol. The van der Waals surface area contributed by atoms with Gasteiger partial charge in [-0.3, -0.25) is 9.36 Å². The molecule has 0 aliphatic carbocycles. The van der Waals surface area contributed by atoms with Crippen LogP contribution in [0.2, 0.25) is 0 Å². The number of amides is 1. The van der Waals surface area contributed by atoms with Gasteiger partial charge < -0.3 is 25.5 Å². The van der Waals surface area contributed by atoms with Crippen molar-refractivity contribution >= 4 is 33.8 Å². The first-order chi connectivity index (χ1) is 16.5. The number of halogens is 1. The summed E-state index contributed by atoms with van der Waals surface area (Å²) in [5, 5.41) is 20.6. The molecule has 1 amide bonds. The van der Waals surface area contributed by atoms with E-state index >= 15 is 0 Å². The lowest BCUT2D eigenvalue weighted by Crippen LogP contribution is -2.40. The predicted octanol–water partition coefficient (Wildman–Crippen LogP) is 1.74. The first kappa shape index (κ1) is 21.6. The molecular formula is C20H19FN10O3. The number of aliphatic hydroxyl groups is 1. The number of azide groups is 1. The number of H-pyrrole nitrogens is 1. The summed E-state index contributed by atoms with van der Waals surface area (Å²) in [7, 11) is 1.42. The molecule has 1 saturated heterocycles. The lowest BCUT2D eigenvalue weighted by Gasteiger charge is -2.16. The lowest BCUT2D eigenvalue weighted by molar-refractivity contribution is -0.134. The summed E-state index contributed by atoms with van der Waals surface area (Å²) in [6.45, 7) is 0.336. The summed E-state index contributed by atoms with van der Waals surface area (Å²) in [4.78, 5) is 30.8. The second kappa shape index (κ2) is 8.59. The molecule has 13 nitrogen and oxygen atoms in total. The van der Waals surface area contributed by atoms with E-state index in [0.717, 1.165) is 16.5 Å². The Bertz CT molecular complexity index is 1430. The smallest absolute Gasteiger partial charge is 0.249 e. The second-order valence-corrected chi connectivity index (χ2v) is 7.65. The number of carbonyl (C=O) groups excluding carboxylic acids is 1. The fraction of sp³-hybridized carbons (Fsp3) is 0.300. The van der Waals surface area contributed by atoms with Gasteiger partial charge in [-0.2, -0.15) is 0 Å². The summed E-state index contributed by atoms with van der Waals surface area (Å²) in [5.41, 5.74) is 11.2. The molecule has 4 aromatic rings. The number of likely N-dealkylation sites (N-methyl/N-ethyl adjacent to an activating group) is 1. The molecular weight excluding hydrogens is 447 g/mol. The Morgan fingerprint density at radius 3 is 3.06 bits per heavy atom. The van der Waals surface area contributed by atoms with Crippen molar-refractivity contribution in [2.24, 2.45) is 5.11 Å². The molecule has 0 spiro atoms. The lowest BCUT2D eigenvalue weighted by atomic mass is 10.1. The van der Waals surface area contributed by atoms with Crippen LogP contribution in [0.25, 0.3) is 32.5 Å². The van der Waals surface area contributed by atoms with Gasteiger partial charge in [0.1, 0.15) is 30.4 Å². The normalized spacial score (nSPS) is 22.1. The first-order valence-electron chi connectivity index (χ1n) is 10.3. The number of aromatic amines is 1. The molecule has 5 rings (SSSR count). The Morgan fingerprint density at radius 2 is 2.26 bits per heavy atom. The molecule has 1 aliphatic rings. The van der Waals surface area contributed by atoms with Gasteiger partial charge in [0.2, 0.25) is 5.91 Å². The third kappa shape index (κ3) is 3.55. The van der Waals surface area contributed by atoms with Crippen molar-refractivity contribution in [1.29, 1.82) is 0 Å². The molecule has 4 N–H and O–H groups in total. The molecule has 4 heterocycles. The molecule has 3 aromatic heterocycles. The maximum atomic E-state index is 13.7. The van der Waals surface area contributed by atoms with Gasteiger partial charge in [0, 0.05) is 35.6 Å². The molecule has 1 aliphatic heterocycles. The standard InChI is InChI=1S/C20H19FN10O3/c1-23-19(33)16-13(29-30-22)15(32)20(34-16)31-8-28-14-17(26-7-27-18(14)31)25-6-9-5-24-12-3-2-10(21)4-11(9)12/h2-5,7-8,13,15-16,20,24,32H,6H2,1H3,(H,23,33)(H,25,26,27).